The number of esters is 1. The van der Waals surface area contributed by atoms with Crippen molar-refractivity contribution < 1.29 is 9.53 Å². The first-order chi connectivity index (χ1) is 15.3. The number of fused-ring (bicyclic) bond motifs is 7. The summed E-state index contributed by atoms with van der Waals surface area (Å²) in [5.41, 5.74) is 3.66. The summed E-state index contributed by atoms with van der Waals surface area (Å²) in [4.78, 5) is 22.3. The third-order valence-electron chi connectivity index (χ3n) is 5.51. The van der Waals surface area contributed by atoms with E-state index < -0.39 is 5.97 Å². The van der Waals surface area contributed by atoms with Gasteiger partial charge in [-0.3, -0.25) is 0 Å². The molecule has 4 heteroatoms. The van der Waals surface area contributed by atoms with Gasteiger partial charge in [-0.25, -0.2) is 14.8 Å². The van der Waals surface area contributed by atoms with E-state index in [0.29, 0.717) is 16.8 Å². The van der Waals surface area contributed by atoms with Gasteiger partial charge in [-0.2, -0.15) is 0 Å². The second kappa shape index (κ2) is 6.89. The molecule has 0 spiro atoms. The van der Waals surface area contributed by atoms with Crippen molar-refractivity contribution in [1.29, 1.82) is 0 Å². The molecule has 4 nitrogen and oxygen atoms in total. The SMILES string of the molecule is O=C(Oc1ccc2nc3c4ccccc4c4ccccc4c3nc2c1)c1ccccc1. The van der Waals surface area contributed by atoms with Crippen molar-refractivity contribution in [3.8, 4) is 5.75 Å². The van der Waals surface area contributed by atoms with Gasteiger partial charge in [-0.15, -0.1) is 0 Å². The van der Waals surface area contributed by atoms with Crippen LogP contribution in [0.1, 0.15) is 10.4 Å². The fourth-order valence-electron chi connectivity index (χ4n) is 4.06. The van der Waals surface area contributed by atoms with Gasteiger partial charge in [0.2, 0.25) is 0 Å². The third kappa shape index (κ3) is 2.89. The Balaban J connectivity index is 1.56. The molecular weight excluding hydrogens is 384 g/mol. The van der Waals surface area contributed by atoms with Crippen molar-refractivity contribution in [3.05, 3.63) is 103 Å². The lowest BCUT2D eigenvalue weighted by atomic mass is 9.99. The van der Waals surface area contributed by atoms with Crippen LogP contribution in [-0.4, -0.2) is 15.9 Å². The molecular formula is C27H16N2O2. The van der Waals surface area contributed by atoms with E-state index in [9.17, 15) is 4.79 Å². The van der Waals surface area contributed by atoms with Crippen molar-refractivity contribution in [3.63, 3.8) is 0 Å². The maximum absolute atomic E-state index is 12.4. The first-order valence-corrected chi connectivity index (χ1v) is 10.1. The van der Waals surface area contributed by atoms with Crippen LogP contribution in [0, 0.1) is 0 Å². The molecule has 0 radical (unpaired) electrons. The Morgan fingerprint density at radius 1 is 0.581 bits per heavy atom. The van der Waals surface area contributed by atoms with Gasteiger partial charge >= 0.3 is 5.97 Å². The fourth-order valence-corrected chi connectivity index (χ4v) is 4.06. The number of nitrogens with zero attached hydrogens (tertiary/aromatic N) is 2. The van der Waals surface area contributed by atoms with E-state index in [4.69, 9.17) is 14.7 Å². The molecule has 0 fully saturated rings. The number of ether oxygens (including phenoxy) is 1. The van der Waals surface area contributed by atoms with Crippen LogP contribution in [0.5, 0.6) is 5.75 Å². The van der Waals surface area contributed by atoms with Crippen molar-refractivity contribution >= 4 is 49.6 Å². The number of benzene rings is 5. The summed E-state index contributed by atoms with van der Waals surface area (Å²) in [5, 5.41) is 4.43. The molecule has 0 amide bonds. The minimum Gasteiger partial charge on any atom is -0.423 e. The topological polar surface area (TPSA) is 52.1 Å². The van der Waals surface area contributed by atoms with Crippen LogP contribution >= 0.6 is 0 Å². The van der Waals surface area contributed by atoms with Crippen LogP contribution in [0.2, 0.25) is 0 Å². The van der Waals surface area contributed by atoms with Crippen molar-refractivity contribution in [1.82, 2.24) is 9.97 Å². The van der Waals surface area contributed by atoms with E-state index in [-0.39, 0.29) is 0 Å². The number of hydrogen-bond donors (Lipinski definition) is 0. The number of carbonyl (C=O) groups is 1. The normalized spacial score (nSPS) is 11.4. The molecule has 0 aliphatic carbocycles. The summed E-state index contributed by atoms with van der Waals surface area (Å²) in [6.07, 6.45) is 0. The molecule has 0 saturated carbocycles. The Labute approximate surface area is 177 Å². The van der Waals surface area contributed by atoms with Gasteiger partial charge in [0.25, 0.3) is 0 Å². The summed E-state index contributed by atoms with van der Waals surface area (Å²) in [7, 11) is 0. The molecule has 0 bridgehead atoms. The highest BCUT2D eigenvalue weighted by Gasteiger charge is 2.13. The zero-order chi connectivity index (χ0) is 20.8. The van der Waals surface area contributed by atoms with Crippen LogP contribution in [0.25, 0.3) is 43.6 Å². The van der Waals surface area contributed by atoms with Crippen molar-refractivity contribution in [2.75, 3.05) is 0 Å². The Morgan fingerprint density at radius 3 is 1.77 bits per heavy atom. The van der Waals surface area contributed by atoms with Gasteiger partial charge < -0.3 is 4.74 Å². The number of aromatic nitrogens is 2. The highest BCUT2D eigenvalue weighted by Crippen LogP contribution is 2.34. The van der Waals surface area contributed by atoms with Crippen LogP contribution in [0.15, 0.2) is 97.1 Å². The van der Waals surface area contributed by atoms with Gasteiger partial charge in [0.05, 0.1) is 27.6 Å². The minimum atomic E-state index is -0.398. The lowest BCUT2D eigenvalue weighted by Crippen LogP contribution is -2.08. The highest BCUT2D eigenvalue weighted by atomic mass is 16.5. The van der Waals surface area contributed by atoms with E-state index in [1.165, 1.54) is 0 Å². The molecule has 0 aliphatic rings. The minimum absolute atomic E-state index is 0.398. The third-order valence-corrected chi connectivity index (χ3v) is 5.51. The molecule has 0 N–H and O–H groups in total. The lowest BCUT2D eigenvalue weighted by Gasteiger charge is -2.10. The van der Waals surface area contributed by atoms with Gasteiger partial charge in [0.15, 0.2) is 0 Å². The lowest BCUT2D eigenvalue weighted by molar-refractivity contribution is 0.0735. The number of hydrogen-bond acceptors (Lipinski definition) is 4. The molecule has 6 aromatic rings. The molecule has 0 saturated heterocycles. The Morgan fingerprint density at radius 2 is 1.13 bits per heavy atom. The average Bonchev–Trinajstić information content (AvgIpc) is 2.84. The smallest absolute Gasteiger partial charge is 0.343 e. The molecule has 146 valence electrons. The Hall–Kier alpha value is -4.31. The molecule has 1 aromatic heterocycles. The summed E-state index contributed by atoms with van der Waals surface area (Å²) in [5.74, 6) is 0.0465. The van der Waals surface area contributed by atoms with E-state index in [2.05, 4.69) is 24.3 Å². The molecule has 31 heavy (non-hydrogen) atoms. The van der Waals surface area contributed by atoms with Crippen LogP contribution in [0.3, 0.4) is 0 Å². The second-order valence-electron chi connectivity index (χ2n) is 7.42. The number of rotatable bonds is 2. The fraction of sp³-hybridized carbons (Fsp3) is 0. The standard InChI is InChI=1S/C27H16N2O2/c30-27(17-8-2-1-3-9-17)31-18-14-15-23-24(16-18)29-26-22-13-7-5-11-20(22)19-10-4-6-12-21(19)25(26)28-23/h1-16H. The average molecular weight is 400 g/mol. The predicted octanol–water partition coefficient (Wildman–Crippen LogP) is 6.31. The van der Waals surface area contributed by atoms with Crippen LogP contribution in [-0.2, 0) is 0 Å². The van der Waals surface area contributed by atoms with Gasteiger partial charge in [-0.1, -0.05) is 66.7 Å². The van der Waals surface area contributed by atoms with Gasteiger partial charge in [0.1, 0.15) is 5.75 Å². The summed E-state index contributed by atoms with van der Waals surface area (Å²) in [6, 6.07) is 30.8. The molecule has 1 heterocycles. The van der Waals surface area contributed by atoms with Crippen LogP contribution < -0.4 is 4.74 Å². The summed E-state index contributed by atoms with van der Waals surface area (Å²) < 4.78 is 5.57. The van der Waals surface area contributed by atoms with Crippen LogP contribution in [0.4, 0.5) is 0 Å². The molecule has 5 aromatic carbocycles. The monoisotopic (exact) mass is 400 g/mol. The Bertz CT molecular complexity index is 1630. The molecule has 0 unspecified atom stereocenters. The second-order valence-corrected chi connectivity index (χ2v) is 7.42. The van der Waals surface area contributed by atoms with E-state index >= 15 is 0 Å². The zero-order valence-electron chi connectivity index (χ0n) is 16.4. The van der Waals surface area contributed by atoms with E-state index in [1.807, 2.05) is 48.5 Å². The molecule has 6 rings (SSSR count). The maximum Gasteiger partial charge on any atom is 0.343 e. The first-order valence-electron chi connectivity index (χ1n) is 10.1. The summed E-state index contributed by atoms with van der Waals surface area (Å²) in [6.45, 7) is 0. The molecule has 0 atom stereocenters. The summed E-state index contributed by atoms with van der Waals surface area (Å²) >= 11 is 0. The number of carbonyl (C=O) groups excluding carboxylic acids is 1. The first kappa shape index (κ1) is 17.5. The van der Waals surface area contributed by atoms with Gasteiger partial charge in [0, 0.05) is 16.8 Å². The van der Waals surface area contributed by atoms with E-state index in [1.54, 1.807) is 24.3 Å². The predicted molar refractivity (Wildman–Crippen MR) is 123 cm³/mol. The van der Waals surface area contributed by atoms with Crippen molar-refractivity contribution in [2.24, 2.45) is 0 Å². The van der Waals surface area contributed by atoms with E-state index in [0.717, 1.165) is 38.1 Å². The zero-order valence-corrected chi connectivity index (χ0v) is 16.4. The Kier molecular flexibility index (Phi) is 3.90. The highest BCUT2D eigenvalue weighted by molar-refractivity contribution is 6.23. The maximum atomic E-state index is 12.4. The van der Waals surface area contributed by atoms with Crippen molar-refractivity contribution in [2.45, 2.75) is 0 Å². The quantitative estimate of drug-likeness (QED) is 0.148. The largest absolute Gasteiger partial charge is 0.423 e. The van der Waals surface area contributed by atoms with Gasteiger partial charge in [-0.05, 0) is 35.0 Å². The molecule has 0 aliphatic heterocycles.